The molecule has 2 N–H and O–H groups in total. The zero-order chi connectivity index (χ0) is 14.0. The number of aryl methyl sites for hydroxylation is 2. The minimum Gasteiger partial charge on any atom is -0.319 e. The van der Waals surface area contributed by atoms with Crippen LogP contribution in [-0.4, -0.2) is 9.78 Å². The van der Waals surface area contributed by atoms with Crippen molar-refractivity contribution in [1.82, 2.24) is 9.78 Å². The van der Waals surface area contributed by atoms with E-state index in [1.54, 1.807) is 0 Å². The average Bonchev–Trinajstić information content (AvgIpc) is 2.70. The van der Waals surface area contributed by atoms with Crippen molar-refractivity contribution in [3.8, 4) is 0 Å². The molecule has 1 aromatic carbocycles. The third kappa shape index (κ3) is 3.09. The van der Waals surface area contributed by atoms with Crippen LogP contribution in [-0.2, 0) is 6.54 Å². The van der Waals surface area contributed by atoms with Gasteiger partial charge in [0.25, 0.3) is 0 Å². The van der Waals surface area contributed by atoms with Gasteiger partial charge >= 0.3 is 0 Å². The van der Waals surface area contributed by atoms with E-state index >= 15 is 0 Å². The van der Waals surface area contributed by atoms with Crippen molar-refractivity contribution < 1.29 is 0 Å². The van der Waals surface area contributed by atoms with Crippen molar-refractivity contribution in [3.05, 3.63) is 50.2 Å². The lowest BCUT2D eigenvalue weighted by Gasteiger charge is -2.17. The number of rotatable bonds is 4. The molecule has 0 aliphatic heterocycles. The summed E-state index contributed by atoms with van der Waals surface area (Å²) in [4.78, 5) is 0. The Morgan fingerprint density at radius 2 is 2.11 bits per heavy atom. The summed E-state index contributed by atoms with van der Waals surface area (Å²) < 4.78 is 4.02. The first-order chi connectivity index (χ1) is 9.04. The predicted octanol–water partition coefficient (Wildman–Crippen LogP) is 4.17. The smallest absolute Gasteiger partial charge is 0.0739 e. The number of hydrogen-bond acceptors (Lipinski definition) is 2. The number of halogens is 2. The van der Waals surface area contributed by atoms with Gasteiger partial charge in [0, 0.05) is 11.0 Å². The van der Waals surface area contributed by atoms with E-state index in [0.717, 1.165) is 33.2 Å². The van der Waals surface area contributed by atoms with Crippen LogP contribution in [0.1, 0.15) is 36.2 Å². The second-order valence-corrected chi connectivity index (χ2v) is 6.35. The van der Waals surface area contributed by atoms with Gasteiger partial charge in [-0.1, -0.05) is 28.9 Å². The van der Waals surface area contributed by atoms with Crippen molar-refractivity contribution in [2.75, 3.05) is 0 Å². The van der Waals surface area contributed by atoms with Crippen LogP contribution in [0.2, 0.25) is 0 Å². The number of nitrogens with two attached hydrogens (primary N) is 1. The highest BCUT2D eigenvalue weighted by atomic mass is 79.9. The summed E-state index contributed by atoms with van der Waals surface area (Å²) in [5.41, 5.74) is 9.78. The molecule has 0 bridgehead atoms. The van der Waals surface area contributed by atoms with Gasteiger partial charge in [-0.2, -0.15) is 5.10 Å². The summed E-state index contributed by atoms with van der Waals surface area (Å²) >= 11 is 7.03. The predicted molar refractivity (Wildman–Crippen MR) is 85.1 cm³/mol. The fraction of sp³-hybridized carbons (Fsp3) is 0.357. The molecule has 2 rings (SSSR count). The summed E-state index contributed by atoms with van der Waals surface area (Å²) in [7, 11) is 0. The standard InChI is InChI=1S/C14H17Br2N3/c1-3-6-19-14(12(16)8-18-19)13(17)11-5-4-10(15)7-9(11)2/h4-5,7-8,13H,3,6,17H2,1-2H3. The van der Waals surface area contributed by atoms with E-state index in [2.05, 4.69) is 62.9 Å². The molecule has 1 atom stereocenters. The molecule has 0 saturated carbocycles. The molecule has 0 fully saturated rings. The normalized spacial score (nSPS) is 12.7. The Bertz CT molecular complexity index is 578. The fourth-order valence-electron chi connectivity index (χ4n) is 2.21. The van der Waals surface area contributed by atoms with Gasteiger partial charge in [0.1, 0.15) is 0 Å². The van der Waals surface area contributed by atoms with E-state index in [1.807, 2.05) is 16.9 Å². The van der Waals surface area contributed by atoms with Crippen LogP contribution in [0.5, 0.6) is 0 Å². The molecule has 1 unspecified atom stereocenters. The average molecular weight is 387 g/mol. The van der Waals surface area contributed by atoms with Crippen molar-refractivity contribution in [1.29, 1.82) is 0 Å². The monoisotopic (exact) mass is 385 g/mol. The molecule has 5 heteroatoms. The van der Waals surface area contributed by atoms with Crippen LogP contribution < -0.4 is 5.73 Å². The molecular formula is C14H17Br2N3. The summed E-state index contributed by atoms with van der Waals surface area (Å²) in [5, 5.41) is 4.38. The summed E-state index contributed by atoms with van der Waals surface area (Å²) in [5.74, 6) is 0. The molecule has 0 amide bonds. The van der Waals surface area contributed by atoms with Gasteiger partial charge in [-0.15, -0.1) is 0 Å². The van der Waals surface area contributed by atoms with Gasteiger partial charge in [0.15, 0.2) is 0 Å². The first kappa shape index (κ1) is 14.8. The lowest BCUT2D eigenvalue weighted by atomic mass is 9.99. The largest absolute Gasteiger partial charge is 0.319 e. The highest BCUT2D eigenvalue weighted by molar-refractivity contribution is 9.10. The van der Waals surface area contributed by atoms with Crippen molar-refractivity contribution in [2.24, 2.45) is 5.73 Å². The van der Waals surface area contributed by atoms with Gasteiger partial charge in [0.05, 0.1) is 22.4 Å². The number of benzene rings is 1. The molecule has 19 heavy (non-hydrogen) atoms. The first-order valence-electron chi connectivity index (χ1n) is 6.27. The maximum Gasteiger partial charge on any atom is 0.0739 e. The van der Waals surface area contributed by atoms with Gasteiger partial charge in [-0.25, -0.2) is 0 Å². The minimum atomic E-state index is -0.170. The van der Waals surface area contributed by atoms with Gasteiger partial charge in [0.2, 0.25) is 0 Å². The second-order valence-electron chi connectivity index (χ2n) is 4.58. The number of nitrogens with zero attached hydrogens (tertiary/aromatic N) is 2. The zero-order valence-corrected chi connectivity index (χ0v) is 14.2. The Hall–Kier alpha value is -0.650. The van der Waals surface area contributed by atoms with Crippen LogP contribution in [0.25, 0.3) is 0 Å². The van der Waals surface area contributed by atoms with Gasteiger partial charge in [-0.3, -0.25) is 4.68 Å². The lowest BCUT2D eigenvalue weighted by Crippen LogP contribution is -2.19. The molecule has 102 valence electrons. The highest BCUT2D eigenvalue weighted by Gasteiger charge is 2.19. The molecule has 2 aromatic rings. The van der Waals surface area contributed by atoms with Crippen LogP contribution in [0.4, 0.5) is 0 Å². The summed E-state index contributed by atoms with van der Waals surface area (Å²) in [6, 6.07) is 6.01. The van der Waals surface area contributed by atoms with Crippen molar-refractivity contribution >= 4 is 31.9 Å². The molecule has 0 radical (unpaired) electrons. The van der Waals surface area contributed by atoms with Crippen molar-refractivity contribution in [3.63, 3.8) is 0 Å². The SMILES string of the molecule is CCCn1ncc(Br)c1C(N)c1ccc(Br)cc1C. The summed E-state index contributed by atoms with van der Waals surface area (Å²) in [6.07, 6.45) is 2.85. The molecule has 0 aliphatic rings. The molecular weight excluding hydrogens is 370 g/mol. The Balaban J connectivity index is 2.43. The van der Waals surface area contributed by atoms with Crippen molar-refractivity contribution in [2.45, 2.75) is 32.9 Å². The van der Waals surface area contributed by atoms with Gasteiger partial charge in [-0.05, 0) is 52.5 Å². The molecule has 0 saturated heterocycles. The van der Waals surface area contributed by atoms with Crippen LogP contribution in [0.15, 0.2) is 33.3 Å². The van der Waals surface area contributed by atoms with Crippen LogP contribution >= 0.6 is 31.9 Å². The number of aromatic nitrogens is 2. The molecule has 3 nitrogen and oxygen atoms in total. The first-order valence-corrected chi connectivity index (χ1v) is 7.86. The zero-order valence-electron chi connectivity index (χ0n) is 11.0. The molecule has 1 aromatic heterocycles. The Morgan fingerprint density at radius 1 is 1.37 bits per heavy atom. The Labute approximate surface area is 130 Å². The number of hydrogen-bond donors (Lipinski definition) is 1. The Kier molecular flexibility index (Phi) is 4.81. The Morgan fingerprint density at radius 3 is 2.74 bits per heavy atom. The maximum atomic E-state index is 6.44. The van der Waals surface area contributed by atoms with E-state index in [0.29, 0.717) is 0 Å². The molecule has 1 heterocycles. The van der Waals surface area contributed by atoms with Crippen LogP contribution in [0.3, 0.4) is 0 Å². The summed E-state index contributed by atoms with van der Waals surface area (Å²) in [6.45, 7) is 5.09. The van der Waals surface area contributed by atoms with E-state index in [4.69, 9.17) is 5.73 Å². The van der Waals surface area contributed by atoms with Gasteiger partial charge < -0.3 is 5.73 Å². The van der Waals surface area contributed by atoms with Crippen LogP contribution in [0, 0.1) is 6.92 Å². The third-order valence-electron chi connectivity index (χ3n) is 3.13. The van der Waals surface area contributed by atoms with E-state index < -0.39 is 0 Å². The maximum absolute atomic E-state index is 6.44. The fourth-order valence-corrected chi connectivity index (χ4v) is 3.22. The topological polar surface area (TPSA) is 43.8 Å². The highest BCUT2D eigenvalue weighted by Crippen LogP contribution is 2.29. The molecule has 0 aliphatic carbocycles. The van der Waals surface area contributed by atoms with E-state index in [-0.39, 0.29) is 6.04 Å². The minimum absolute atomic E-state index is 0.170. The van der Waals surface area contributed by atoms with E-state index in [9.17, 15) is 0 Å². The second kappa shape index (κ2) is 6.20. The van der Waals surface area contributed by atoms with E-state index in [1.165, 1.54) is 5.56 Å². The quantitative estimate of drug-likeness (QED) is 0.856. The third-order valence-corrected chi connectivity index (χ3v) is 4.23. The lowest BCUT2D eigenvalue weighted by molar-refractivity contribution is 0.558. The molecule has 0 spiro atoms.